The van der Waals surface area contributed by atoms with Crippen molar-refractivity contribution < 1.29 is 9.59 Å². The van der Waals surface area contributed by atoms with Gasteiger partial charge in [0.1, 0.15) is 0 Å². The number of nitrogens with one attached hydrogen (secondary N) is 3. The number of hydrogen-bond donors (Lipinski definition) is 3. The minimum absolute atomic E-state index is 0.0269. The van der Waals surface area contributed by atoms with Crippen molar-refractivity contribution in [3.05, 3.63) is 35.4 Å². The molecular formula is C16H23N3O2. The van der Waals surface area contributed by atoms with E-state index in [0.29, 0.717) is 24.6 Å². The Kier molecular flexibility index (Phi) is 5.33. The summed E-state index contributed by atoms with van der Waals surface area (Å²) in [4.78, 5) is 23.7. The zero-order chi connectivity index (χ0) is 15.2. The Hall–Kier alpha value is -1.88. The van der Waals surface area contributed by atoms with Crippen LogP contribution in [0.3, 0.4) is 0 Å². The number of carbonyl (C=O) groups is 2. The first-order valence-electron chi connectivity index (χ1n) is 7.41. The predicted octanol–water partition coefficient (Wildman–Crippen LogP) is 0.697. The average Bonchev–Trinajstić information content (AvgIpc) is 2.42. The molecule has 1 aliphatic rings. The summed E-state index contributed by atoms with van der Waals surface area (Å²) in [6.07, 6.45) is 0. The van der Waals surface area contributed by atoms with E-state index in [1.807, 2.05) is 26.0 Å². The maximum Gasteiger partial charge on any atom is 0.251 e. The van der Waals surface area contributed by atoms with Crippen molar-refractivity contribution >= 4 is 11.8 Å². The molecule has 1 heterocycles. The second kappa shape index (κ2) is 7.22. The van der Waals surface area contributed by atoms with Crippen LogP contribution in [0, 0.1) is 18.8 Å². The SMILES string of the molecule is Cc1ccc(C(=O)NCCNC(=O)C(C)C2CNC2)cc1. The molecule has 1 unspecified atom stereocenters. The van der Waals surface area contributed by atoms with Gasteiger partial charge in [0.05, 0.1) is 0 Å². The highest BCUT2D eigenvalue weighted by Crippen LogP contribution is 2.15. The van der Waals surface area contributed by atoms with Crippen molar-refractivity contribution in [2.75, 3.05) is 26.2 Å². The smallest absolute Gasteiger partial charge is 0.251 e. The van der Waals surface area contributed by atoms with Crippen LogP contribution in [0.25, 0.3) is 0 Å². The molecule has 1 saturated heterocycles. The molecule has 2 amide bonds. The van der Waals surface area contributed by atoms with Crippen LogP contribution in [0.1, 0.15) is 22.8 Å². The molecule has 0 aliphatic carbocycles. The summed E-state index contributed by atoms with van der Waals surface area (Å²) in [5.74, 6) is 0.415. The fourth-order valence-electron chi connectivity index (χ4n) is 2.21. The first kappa shape index (κ1) is 15.5. The first-order valence-corrected chi connectivity index (χ1v) is 7.41. The molecule has 5 heteroatoms. The van der Waals surface area contributed by atoms with E-state index in [9.17, 15) is 9.59 Å². The van der Waals surface area contributed by atoms with E-state index in [1.54, 1.807) is 12.1 Å². The van der Waals surface area contributed by atoms with Gasteiger partial charge < -0.3 is 16.0 Å². The first-order chi connectivity index (χ1) is 10.1. The minimum Gasteiger partial charge on any atom is -0.354 e. The Morgan fingerprint density at radius 2 is 1.81 bits per heavy atom. The topological polar surface area (TPSA) is 70.2 Å². The second-order valence-electron chi connectivity index (χ2n) is 5.62. The second-order valence-corrected chi connectivity index (χ2v) is 5.62. The molecule has 1 atom stereocenters. The van der Waals surface area contributed by atoms with Gasteiger partial charge in [-0.1, -0.05) is 24.6 Å². The molecule has 5 nitrogen and oxygen atoms in total. The Labute approximate surface area is 125 Å². The van der Waals surface area contributed by atoms with Gasteiger partial charge in [-0.3, -0.25) is 9.59 Å². The van der Waals surface area contributed by atoms with Gasteiger partial charge in [-0.05, 0) is 38.1 Å². The lowest BCUT2D eigenvalue weighted by Gasteiger charge is -2.31. The van der Waals surface area contributed by atoms with Gasteiger partial charge in [-0.25, -0.2) is 0 Å². The van der Waals surface area contributed by atoms with Crippen LogP contribution in [-0.2, 0) is 4.79 Å². The molecule has 0 bridgehead atoms. The molecule has 0 radical (unpaired) electrons. The Bertz CT molecular complexity index is 495. The largest absolute Gasteiger partial charge is 0.354 e. The van der Waals surface area contributed by atoms with E-state index in [2.05, 4.69) is 16.0 Å². The third-order valence-corrected chi connectivity index (χ3v) is 3.96. The van der Waals surface area contributed by atoms with Gasteiger partial charge in [0.2, 0.25) is 5.91 Å². The van der Waals surface area contributed by atoms with Crippen molar-refractivity contribution in [2.45, 2.75) is 13.8 Å². The van der Waals surface area contributed by atoms with Crippen molar-refractivity contribution in [3.8, 4) is 0 Å². The highest BCUT2D eigenvalue weighted by molar-refractivity contribution is 5.94. The molecule has 0 spiro atoms. The maximum atomic E-state index is 11.9. The molecule has 1 aromatic carbocycles. The third-order valence-electron chi connectivity index (χ3n) is 3.96. The van der Waals surface area contributed by atoms with Crippen molar-refractivity contribution in [3.63, 3.8) is 0 Å². The molecule has 2 rings (SSSR count). The van der Waals surface area contributed by atoms with E-state index in [1.165, 1.54) is 0 Å². The van der Waals surface area contributed by atoms with Gasteiger partial charge >= 0.3 is 0 Å². The molecule has 0 saturated carbocycles. The normalized spacial score (nSPS) is 15.9. The van der Waals surface area contributed by atoms with Crippen LogP contribution in [-0.4, -0.2) is 38.0 Å². The fourth-order valence-corrected chi connectivity index (χ4v) is 2.21. The van der Waals surface area contributed by atoms with Gasteiger partial charge in [0.15, 0.2) is 0 Å². The molecule has 1 fully saturated rings. The summed E-state index contributed by atoms with van der Waals surface area (Å²) in [6, 6.07) is 7.42. The van der Waals surface area contributed by atoms with Gasteiger partial charge in [0, 0.05) is 24.6 Å². The molecule has 114 valence electrons. The van der Waals surface area contributed by atoms with E-state index in [0.717, 1.165) is 18.7 Å². The summed E-state index contributed by atoms with van der Waals surface area (Å²) in [5.41, 5.74) is 1.76. The van der Waals surface area contributed by atoms with Crippen LogP contribution in [0.5, 0.6) is 0 Å². The Morgan fingerprint density at radius 3 is 2.38 bits per heavy atom. The summed E-state index contributed by atoms with van der Waals surface area (Å²) in [5, 5.41) is 8.83. The summed E-state index contributed by atoms with van der Waals surface area (Å²) in [7, 11) is 0. The maximum absolute atomic E-state index is 11.9. The van der Waals surface area contributed by atoms with Gasteiger partial charge in [-0.15, -0.1) is 0 Å². The minimum atomic E-state index is -0.111. The third kappa shape index (κ3) is 4.29. The van der Waals surface area contributed by atoms with Crippen LogP contribution in [0.15, 0.2) is 24.3 Å². The van der Waals surface area contributed by atoms with Crippen LogP contribution < -0.4 is 16.0 Å². The number of aryl methyl sites for hydroxylation is 1. The van der Waals surface area contributed by atoms with Gasteiger partial charge in [-0.2, -0.15) is 0 Å². The molecule has 3 N–H and O–H groups in total. The monoisotopic (exact) mass is 289 g/mol. The lowest BCUT2D eigenvalue weighted by molar-refractivity contribution is -0.126. The Balaban J connectivity index is 1.66. The van der Waals surface area contributed by atoms with Crippen LogP contribution >= 0.6 is 0 Å². The van der Waals surface area contributed by atoms with Crippen molar-refractivity contribution in [1.29, 1.82) is 0 Å². The number of benzene rings is 1. The summed E-state index contributed by atoms with van der Waals surface area (Å²) < 4.78 is 0. The number of hydrogen-bond acceptors (Lipinski definition) is 3. The molecule has 1 aliphatic heterocycles. The molecular weight excluding hydrogens is 266 g/mol. The highest BCUT2D eigenvalue weighted by Gasteiger charge is 2.28. The molecule has 21 heavy (non-hydrogen) atoms. The summed E-state index contributed by atoms with van der Waals surface area (Å²) in [6.45, 7) is 6.66. The number of carbonyl (C=O) groups excluding carboxylic acids is 2. The van der Waals surface area contributed by atoms with E-state index >= 15 is 0 Å². The fraction of sp³-hybridized carbons (Fsp3) is 0.500. The van der Waals surface area contributed by atoms with Crippen molar-refractivity contribution in [1.82, 2.24) is 16.0 Å². The molecule has 1 aromatic rings. The molecule has 0 aromatic heterocycles. The quantitative estimate of drug-likeness (QED) is 0.675. The van der Waals surface area contributed by atoms with E-state index < -0.39 is 0 Å². The van der Waals surface area contributed by atoms with Crippen molar-refractivity contribution in [2.24, 2.45) is 11.8 Å². The lowest BCUT2D eigenvalue weighted by Crippen LogP contribution is -2.50. The number of amides is 2. The zero-order valence-corrected chi connectivity index (χ0v) is 12.6. The zero-order valence-electron chi connectivity index (χ0n) is 12.6. The van der Waals surface area contributed by atoms with E-state index in [4.69, 9.17) is 0 Å². The average molecular weight is 289 g/mol. The van der Waals surface area contributed by atoms with E-state index in [-0.39, 0.29) is 17.7 Å². The predicted molar refractivity (Wildman–Crippen MR) is 82.0 cm³/mol. The lowest BCUT2D eigenvalue weighted by atomic mass is 9.88. The van der Waals surface area contributed by atoms with Crippen LogP contribution in [0.2, 0.25) is 0 Å². The standard InChI is InChI=1S/C16H23N3O2/c1-11-3-5-13(6-4-11)16(21)19-8-7-18-15(20)12(2)14-9-17-10-14/h3-6,12,14,17H,7-10H2,1-2H3,(H,18,20)(H,19,21). The Morgan fingerprint density at radius 1 is 1.19 bits per heavy atom. The van der Waals surface area contributed by atoms with Gasteiger partial charge in [0.25, 0.3) is 5.91 Å². The number of rotatable bonds is 6. The summed E-state index contributed by atoms with van der Waals surface area (Å²) >= 11 is 0. The van der Waals surface area contributed by atoms with Crippen LogP contribution in [0.4, 0.5) is 0 Å². The highest BCUT2D eigenvalue weighted by atomic mass is 16.2.